The molecule has 1 unspecified atom stereocenters. The van der Waals surface area contributed by atoms with Crippen LogP contribution in [0.15, 0.2) is 29.0 Å². The SMILES string of the molecule is CC(C)[C@@H](C)/C=C/[C@@H](C)[C@H]1CC[C@H]2C3=CC[C@@]4(/C=N/O)C[C@@H](O)CC[C@]4(C)C3CC[C@]12C. The van der Waals surface area contributed by atoms with E-state index in [1.807, 2.05) is 0 Å². The summed E-state index contributed by atoms with van der Waals surface area (Å²) in [6.07, 6.45) is 17.8. The zero-order valence-electron chi connectivity index (χ0n) is 21.3. The van der Waals surface area contributed by atoms with Crippen molar-refractivity contribution in [3.05, 3.63) is 23.8 Å². The van der Waals surface area contributed by atoms with E-state index in [0.29, 0.717) is 35.0 Å². The van der Waals surface area contributed by atoms with E-state index in [9.17, 15) is 10.3 Å². The molecule has 0 aromatic rings. The van der Waals surface area contributed by atoms with Crippen LogP contribution in [0.4, 0.5) is 0 Å². The molecule has 0 bridgehead atoms. The van der Waals surface area contributed by atoms with Crippen LogP contribution in [0.2, 0.25) is 0 Å². The van der Waals surface area contributed by atoms with E-state index < -0.39 is 0 Å². The van der Waals surface area contributed by atoms with E-state index in [1.54, 1.807) is 11.8 Å². The number of nitrogens with zero attached hydrogens (tertiary/aromatic N) is 1. The van der Waals surface area contributed by atoms with Crippen molar-refractivity contribution in [2.45, 2.75) is 99.0 Å². The van der Waals surface area contributed by atoms with Gasteiger partial charge in [-0.05, 0) is 97.7 Å². The normalized spacial score (nSPS) is 46.1. The van der Waals surface area contributed by atoms with Gasteiger partial charge in [-0.2, -0.15) is 0 Å². The Morgan fingerprint density at radius 3 is 2.44 bits per heavy atom. The number of rotatable bonds is 5. The first-order chi connectivity index (χ1) is 15.1. The van der Waals surface area contributed by atoms with Crippen LogP contribution in [-0.2, 0) is 0 Å². The molecule has 0 radical (unpaired) electrons. The van der Waals surface area contributed by atoms with Gasteiger partial charge in [0.15, 0.2) is 0 Å². The van der Waals surface area contributed by atoms with E-state index in [4.69, 9.17) is 0 Å². The van der Waals surface area contributed by atoms with E-state index in [0.717, 1.165) is 31.6 Å². The monoisotopic (exact) mass is 441 g/mol. The molecule has 0 aromatic heterocycles. The van der Waals surface area contributed by atoms with Crippen molar-refractivity contribution in [1.82, 2.24) is 0 Å². The van der Waals surface area contributed by atoms with Crippen LogP contribution >= 0.6 is 0 Å². The summed E-state index contributed by atoms with van der Waals surface area (Å²) in [6.45, 7) is 14.5. The van der Waals surface area contributed by atoms with Crippen LogP contribution in [0, 0.1) is 51.8 Å². The molecule has 9 atom stereocenters. The number of allylic oxidation sites excluding steroid dienone is 4. The van der Waals surface area contributed by atoms with Crippen molar-refractivity contribution < 1.29 is 10.3 Å². The highest BCUT2D eigenvalue weighted by Gasteiger charge is 2.62. The lowest BCUT2D eigenvalue weighted by atomic mass is 9.43. The summed E-state index contributed by atoms with van der Waals surface area (Å²) < 4.78 is 0. The molecule has 180 valence electrons. The first-order valence-corrected chi connectivity index (χ1v) is 13.3. The average molecular weight is 442 g/mol. The van der Waals surface area contributed by atoms with E-state index in [1.165, 1.54) is 25.7 Å². The van der Waals surface area contributed by atoms with Gasteiger partial charge in [-0.1, -0.05) is 65.3 Å². The summed E-state index contributed by atoms with van der Waals surface area (Å²) in [4.78, 5) is 0. The van der Waals surface area contributed by atoms with Crippen molar-refractivity contribution in [1.29, 1.82) is 0 Å². The Bertz CT molecular complexity index is 784. The molecule has 0 aromatic carbocycles. The Morgan fingerprint density at radius 1 is 1.00 bits per heavy atom. The molecule has 3 fully saturated rings. The summed E-state index contributed by atoms with van der Waals surface area (Å²) >= 11 is 0. The second-order valence-corrected chi connectivity index (χ2v) is 12.8. The zero-order valence-corrected chi connectivity index (χ0v) is 21.3. The quantitative estimate of drug-likeness (QED) is 0.204. The lowest BCUT2D eigenvalue weighted by Gasteiger charge is -2.61. The van der Waals surface area contributed by atoms with Crippen molar-refractivity contribution in [3.63, 3.8) is 0 Å². The van der Waals surface area contributed by atoms with Crippen molar-refractivity contribution in [3.8, 4) is 0 Å². The largest absolute Gasteiger partial charge is 0.411 e. The number of oxime groups is 1. The predicted octanol–water partition coefficient (Wildman–Crippen LogP) is 7.24. The number of hydrogen-bond acceptors (Lipinski definition) is 3. The lowest BCUT2D eigenvalue weighted by molar-refractivity contribution is -0.0688. The first-order valence-electron chi connectivity index (χ1n) is 13.3. The fourth-order valence-electron chi connectivity index (χ4n) is 8.55. The topological polar surface area (TPSA) is 52.8 Å². The van der Waals surface area contributed by atoms with Gasteiger partial charge in [-0.25, -0.2) is 0 Å². The molecule has 3 nitrogen and oxygen atoms in total. The van der Waals surface area contributed by atoms with Crippen molar-refractivity contribution in [2.24, 2.45) is 56.9 Å². The second kappa shape index (κ2) is 8.60. The van der Waals surface area contributed by atoms with Gasteiger partial charge in [0.1, 0.15) is 0 Å². The van der Waals surface area contributed by atoms with Gasteiger partial charge in [-0.15, -0.1) is 5.16 Å². The third kappa shape index (κ3) is 3.62. The van der Waals surface area contributed by atoms with Crippen LogP contribution in [0.1, 0.15) is 92.9 Å². The molecular formula is C29H47NO2. The summed E-state index contributed by atoms with van der Waals surface area (Å²) in [7, 11) is 0. The smallest absolute Gasteiger partial charge is 0.0549 e. The molecular weight excluding hydrogens is 394 g/mol. The van der Waals surface area contributed by atoms with Gasteiger partial charge in [0.05, 0.1) is 12.3 Å². The standard InChI is InChI=1S/C29H47NO2/c1-19(2)20(3)7-8-21(4)24-9-10-25-23-12-16-29(18-30-32)17-22(31)11-15-28(29,6)26(23)13-14-27(24,25)5/h7-8,12,18-22,24-26,31-32H,9-11,13-17H2,1-6H3/b8-7+,30-18+/t20-,21+,22-,24+,25-,26?,27+,28+,29-/m0/s1. The Morgan fingerprint density at radius 2 is 1.75 bits per heavy atom. The molecule has 2 N–H and O–H groups in total. The van der Waals surface area contributed by atoms with Crippen LogP contribution < -0.4 is 0 Å². The second-order valence-electron chi connectivity index (χ2n) is 12.8. The van der Waals surface area contributed by atoms with Crippen LogP contribution in [0.25, 0.3) is 0 Å². The van der Waals surface area contributed by atoms with E-state index in [-0.39, 0.29) is 16.9 Å². The number of fused-ring (bicyclic) bond motifs is 5. The van der Waals surface area contributed by atoms with Crippen LogP contribution in [0.5, 0.6) is 0 Å². The molecule has 0 aliphatic heterocycles. The molecule has 3 heteroatoms. The Balaban J connectivity index is 1.61. The molecule has 4 aliphatic carbocycles. The van der Waals surface area contributed by atoms with Gasteiger partial charge in [0, 0.05) is 5.41 Å². The number of aliphatic hydroxyl groups excluding tert-OH is 1. The lowest BCUT2D eigenvalue weighted by Crippen LogP contribution is -2.56. The third-order valence-electron chi connectivity index (χ3n) is 11.1. The highest BCUT2D eigenvalue weighted by molar-refractivity contribution is 5.68. The van der Waals surface area contributed by atoms with Crippen molar-refractivity contribution in [2.75, 3.05) is 0 Å². The molecule has 0 spiro atoms. The fourth-order valence-corrected chi connectivity index (χ4v) is 8.55. The summed E-state index contributed by atoms with van der Waals surface area (Å²) in [5, 5.41) is 23.6. The third-order valence-corrected chi connectivity index (χ3v) is 11.1. The Kier molecular flexibility index (Phi) is 6.46. The Hall–Kier alpha value is -1.09. The van der Waals surface area contributed by atoms with Gasteiger partial charge < -0.3 is 10.3 Å². The van der Waals surface area contributed by atoms with Gasteiger partial charge in [0.25, 0.3) is 0 Å². The number of hydrogen-bond donors (Lipinski definition) is 2. The van der Waals surface area contributed by atoms with Crippen molar-refractivity contribution >= 4 is 6.21 Å². The highest BCUT2D eigenvalue weighted by atomic mass is 16.4. The highest BCUT2D eigenvalue weighted by Crippen LogP contribution is 2.69. The molecule has 0 amide bonds. The predicted molar refractivity (Wildman–Crippen MR) is 133 cm³/mol. The summed E-state index contributed by atoms with van der Waals surface area (Å²) in [5.74, 6) is 3.99. The average Bonchev–Trinajstić information content (AvgIpc) is 3.10. The maximum absolute atomic E-state index is 10.5. The minimum atomic E-state index is -0.276. The van der Waals surface area contributed by atoms with Crippen LogP contribution in [-0.4, -0.2) is 22.6 Å². The Labute approximate surface area is 196 Å². The minimum Gasteiger partial charge on any atom is -0.411 e. The fraction of sp³-hybridized carbons (Fsp3) is 0.828. The molecule has 0 heterocycles. The summed E-state index contributed by atoms with van der Waals surface area (Å²) in [5.41, 5.74) is 1.99. The molecule has 0 saturated heterocycles. The summed E-state index contributed by atoms with van der Waals surface area (Å²) in [6, 6.07) is 0. The zero-order chi connectivity index (χ0) is 23.3. The van der Waals surface area contributed by atoms with Crippen LogP contribution in [0.3, 0.4) is 0 Å². The van der Waals surface area contributed by atoms with Gasteiger partial charge in [-0.3, -0.25) is 0 Å². The maximum atomic E-state index is 10.5. The van der Waals surface area contributed by atoms with Gasteiger partial charge >= 0.3 is 0 Å². The molecule has 3 saturated carbocycles. The first kappa shape index (κ1) is 24.0. The maximum Gasteiger partial charge on any atom is 0.0549 e. The van der Waals surface area contributed by atoms with E-state index in [2.05, 4.69) is 64.9 Å². The molecule has 32 heavy (non-hydrogen) atoms. The molecule has 4 rings (SSSR count). The van der Waals surface area contributed by atoms with Gasteiger partial charge in [0.2, 0.25) is 0 Å². The van der Waals surface area contributed by atoms with E-state index >= 15 is 0 Å². The number of aliphatic hydroxyl groups is 1. The molecule has 4 aliphatic rings. The minimum absolute atomic E-state index is 0.0835.